The number of para-hydroxylation sites is 1. The van der Waals surface area contributed by atoms with Gasteiger partial charge in [-0.05, 0) is 19.1 Å². The third kappa shape index (κ3) is 3.24. The third-order valence-corrected chi connectivity index (χ3v) is 3.51. The van der Waals surface area contributed by atoms with Gasteiger partial charge in [-0.3, -0.25) is 19.0 Å². The van der Waals surface area contributed by atoms with Crippen LogP contribution in [0.15, 0.2) is 56.7 Å². The van der Waals surface area contributed by atoms with Gasteiger partial charge in [0.15, 0.2) is 11.2 Å². The van der Waals surface area contributed by atoms with Crippen LogP contribution in [0, 0.1) is 6.92 Å². The largest absolute Gasteiger partial charge is 0.451 e. The van der Waals surface area contributed by atoms with Crippen LogP contribution in [0.25, 0.3) is 11.0 Å². The predicted octanol–water partition coefficient (Wildman–Crippen LogP) is 1.09. The number of fused-ring (bicyclic) bond motifs is 1. The Bertz CT molecular complexity index is 1020. The van der Waals surface area contributed by atoms with E-state index in [9.17, 15) is 14.4 Å². The van der Waals surface area contributed by atoms with Crippen LogP contribution in [-0.2, 0) is 6.54 Å². The highest BCUT2D eigenvalue weighted by atomic mass is 16.3. The van der Waals surface area contributed by atoms with Crippen LogP contribution < -0.4 is 16.3 Å². The minimum Gasteiger partial charge on any atom is -0.451 e. The Labute approximate surface area is 136 Å². The summed E-state index contributed by atoms with van der Waals surface area (Å²) in [5, 5.41) is 3.04. The summed E-state index contributed by atoms with van der Waals surface area (Å²) in [6.45, 7) is 2.21. The number of hydrogen-bond donors (Lipinski definition) is 1. The molecular formula is C17H15N3O4. The Kier molecular flexibility index (Phi) is 4.24. The number of rotatable bonds is 4. The van der Waals surface area contributed by atoms with Crippen molar-refractivity contribution in [1.82, 2.24) is 14.9 Å². The van der Waals surface area contributed by atoms with E-state index in [1.54, 1.807) is 31.2 Å². The lowest BCUT2D eigenvalue weighted by atomic mass is 10.2. The van der Waals surface area contributed by atoms with Gasteiger partial charge in [-0.2, -0.15) is 0 Å². The van der Waals surface area contributed by atoms with Gasteiger partial charge in [0.25, 0.3) is 11.5 Å². The van der Waals surface area contributed by atoms with E-state index >= 15 is 0 Å². The normalized spacial score (nSPS) is 10.7. The molecule has 122 valence electrons. The van der Waals surface area contributed by atoms with Gasteiger partial charge >= 0.3 is 0 Å². The number of nitrogens with one attached hydrogen (secondary N) is 1. The summed E-state index contributed by atoms with van der Waals surface area (Å²) in [7, 11) is 0. The number of hydrogen-bond acceptors (Lipinski definition) is 5. The Morgan fingerprint density at radius 2 is 2.04 bits per heavy atom. The second kappa shape index (κ2) is 6.49. The van der Waals surface area contributed by atoms with Gasteiger partial charge in [0.1, 0.15) is 5.58 Å². The van der Waals surface area contributed by atoms with Crippen LogP contribution in [0.1, 0.15) is 16.2 Å². The maximum atomic E-state index is 12.1. The van der Waals surface area contributed by atoms with Crippen molar-refractivity contribution in [3.05, 3.63) is 74.8 Å². The second-order valence-electron chi connectivity index (χ2n) is 5.29. The monoisotopic (exact) mass is 325 g/mol. The first kappa shape index (κ1) is 15.7. The summed E-state index contributed by atoms with van der Waals surface area (Å²) in [6.07, 6.45) is 1.43. The molecule has 0 unspecified atom stereocenters. The number of aryl methyl sites for hydroxylation is 1. The predicted molar refractivity (Wildman–Crippen MR) is 88.1 cm³/mol. The summed E-state index contributed by atoms with van der Waals surface area (Å²) in [4.78, 5) is 39.9. The fourth-order valence-electron chi connectivity index (χ4n) is 2.28. The number of aromatic nitrogens is 2. The van der Waals surface area contributed by atoms with Crippen molar-refractivity contribution in [1.29, 1.82) is 0 Å². The topological polar surface area (TPSA) is 94.2 Å². The minimum absolute atomic E-state index is 0.0620. The molecule has 7 nitrogen and oxygen atoms in total. The number of nitrogens with zero attached hydrogens (tertiary/aromatic N) is 2. The van der Waals surface area contributed by atoms with Crippen molar-refractivity contribution < 1.29 is 9.21 Å². The van der Waals surface area contributed by atoms with Gasteiger partial charge in [-0.15, -0.1) is 0 Å². The smallest absolute Gasteiger partial charge is 0.287 e. The van der Waals surface area contributed by atoms with Gasteiger partial charge in [-0.1, -0.05) is 12.1 Å². The van der Waals surface area contributed by atoms with Crippen molar-refractivity contribution in [3.63, 3.8) is 0 Å². The molecule has 0 radical (unpaired) electrons. The first-order valence-corrected chi connectivity index (χ1v) is 7.39. The van der Waals surface area contributed by atoms with E-state index in [0.29, 0.717) is 16.7 Å². The zero-order chi connectivity index (χ0) is 17.1. The number of amides is 1. The lowest BCUT2D eigenvalue weighted by molar-refractivity contribution is 0.0925. The molecule has 7 heteroatoms. The van der Waals surface area contributed by atoms with Crippen molar-refractivity contribution in [2.75, 3.05) is 6.54 Å². The minimum atomic E-state index is -0.508. The lowest BCUT2D eigenvalue weighted by Gasteiger charge is -2.07. The van der Waals surface area contributed by atoms with E-state index in [1.807, 2.05) is 0 Å². The molecule has 0 saturated heterocycles. The average Bonchev–Trinajstić information content (AvgIpc) is 2.56. The van der Waals surface area contributed by atoms with E-state index in [-0.39, 0.29) is 29.8 Å². The number of carbonyl (C=O) groups is 1. The summed E-state index contributed by atoms with van der Waals surface area (Å²) in [5.74, 6) is -0.570. The van der Waals surface area contributed by atoms with E-state index < -0.39 is 5.91 Å². The molecule has 3 aromatic rings. The molecule has 0 saturated carbocycles. The van der Waals surface area contributed by atoms with Crippen molar-refractivity contribution in [3.8, 4) is 0 Å². The summed E-state index contributed by atoms with van der Waals surface area (Å²) >= 11 is 0. The van der Waals surface area contributed by atoms with Gasteiger partial charge < -0.3 is 9.73 Å². The van der Waals surface area contributed by atoms with Crippen LogP contribution >= 0.6 is 0 Å². The zero-order valence-corrected chi connectivity index (χ0v) is 13.0. The van der Waals surface area contributed by atoms with Gasteiger partial charge in [0, 0.05) is 30.9 Å². The molecule has 0 aliphatic carbocycles. The molecule has 0 bridgehead atoms. The lowest BCUT2D eigenvalue weighted by Crippen LogP contribution is -2.31. The molecule has 3 rings (SSSR count). The first-order chi connectivity index (χ1) is 11.5. The number of benzene rings is 1. The summed E-state index contributed by atoms with van der Waals surface area (Å²) in [6, 6.07) is 9.31. The molecule has 1 N–H and O–H groups in total. The molecule has 0 aliphatic rings. The SMILES string of the molecule is Cc1cc(=O)n(CCNC(=O)c2cc(=O)c3ccccc3o2)cn1. The highest BCUT2D eigenvalue weighted by Gasteiger charge is 2.11. The van der Waals surface area contributed by atoms with E-state index in [0.717, 1.165) is 6.07 Å². The van der Waals surface area contributed by atoms with E-state index in [1.165, 1.54) is 17.0 Å². The molecular weight excluding hydrogens is 310 g/mol. The Balaban J connectivity index is 1.71. The third-order valence-electron chi connectivity index (χ3n) is 3.51. The molecule has 24 heavy (non-hydrogen) atoms. The van der Waals surface area contributed by atoms with E-state index in [4.69, 9.17) is 4.42 Å². The zero-order valence-electron chi connectivity index (χ0n) is 13.0. The van der Waals surface area contributed by atoms with Crippen LogP contribution in [0.5, 0.6) is 0 Å². The standard InChI is InChI=1S/C17H15N3O4/c1-11-8-16(22)20(10-19-11)7-6-18-17(23)15-9-13(21)12-4-2-3-5-14(12)24-15/h2-5,8-10H,6-7H2,1H3,(H,18,23). The van der Waals surface area contributed by atoms with Crippen molar-refractivity contribution >= 4 is 16.9 Å². The molecule has 2 aromatic heterocycles. The number of carbonyl (C=O) groups excluding carboxylic acids is 1. The Morgan fingerprint density at radius 1 is 1.25 bits per heavy atom. The second-order valence-corrected chi connectivity index (χ2v) is 5.29. The molecule has 1 amide bonds. The molecule has 0 aliphatic heterocycles. The molecule has 1 aromatic carbocycles. The Morgan fingerprint density at radius 3 is 2.83 bits per heavy atom. The first-order valence-electron chi connectivity index (χ1n) is 7.39. The summed E-state index contributed by atoms with van der Waals surface area (Å²) in [5.41, 5.74) is 0.530. The van der Waals surface area contributed by atoms with Crippen LogP contribution in [0.3, 0.4) is 0 Å². The molecule has 0 spiro atoms. The molecule has 0 atom stereocenters. The molecule has 0 fully saturated rings. The maximum Gasteiger partial charge on any atom is 0.287 e. The average molecular weight is 325 g/mol. The van der Waals surface area contributed by atoms with E-state index in [2.05, 4.69) is 10.3 Å². The fraction of sp³-hybridized carbons (Fsp3) is 0.176. The van der Waals surface area contributed by atoms with Crippen LogP contribution in [0.4, 0.5) is 0 Å². The maximum absolute atomic E-state index is 12.1. The van der Waals surface area contributed by atoms with Gasteiger partial charge in [0.2, 0.25) is 0 Å². The van der Waals surface area contributed by atoms with Crippen molar-refractivity contribution in [2.45, 2.75) is 13.5 Å². The highest BCUT2D eigenvalue weighted by molar-refractivity contribution is 5.93. The highest BCUT2D eigenvalue weighted by Crippen LogP contribution is 2.11. The van der Waals surface area contributed by atoms with Crippen LogP contribution in [0.2, 0.25) is 0 Å². The van der Waals surface area contributed by atoms with Gasteiger partial charge in [0.05, 0.1) is 11.7 Å². The molecule has 2 heterocycles. The fourth-order valence-corrected chi connectivity index (χ4v) is 2.28. The van der Waals surface area contributed by atoms with Gasteiger partial charge in [-0.25, -0.2) is 4.98 Å². The Hall–Kier alpha value is -3.22. The summed E-state index contributed by atoms with van der Waals surface area (Å²) < 4.78 is 6.85. The quantitative estimate of drug-likeness (QED) is 0.775. The van der Waals surface area contributed by atoms with Crippen molar-refractivity contribution in [2.24, 2.45) is 0 Å². The van der Waals surface area contributed by atoms with Crippen LogP contribution in [-0.4, -0.2) is 22.0 Å².